The Balaban J connectivity index is 2.25. The Kier molecular flexibility index (Phi) is 4.34. The summed E-state index contributed by atoms with van der Waals surface area (Å²) in [5.74, 6) is 0.0522. The maximum absolute atomic E-state index is 11.1. The lowest BCUT2D eigenvalue weighted by Crippen LogP contribution is -2.29. The Morgan fingerprint density at radius 2 is 2.05 bits per heavy atom. The number of likely N-dealkylation sites (tertiary alicyclic amines) is 1. The van der Waals surface area contributed by atoms with Crippen LogP contribution in [0.25, 0.3) is 0 Å². The van der Waals surface area contributed by atoms with Crippen molar-refractivity contribution < 1.29 is 9.72 Å². The second kappa shape index (κ2) is 6.00. The molecule has 0 aromatic heterocycles. The minimum Gasteiger partial charge on any atom is -0.321 e. The molecule has 0 aliphatic carbocycles. The van der Waals surface area contributed by atoms with Gasteiger partial charge in [0.25, 0.3) is 5.69 Å². The van der Waals surface area contributed by atoms with Crippen LogP contribution in [-0.4, -0.2) is 35.9 Å². The molecule has 0 bridgehead atoms. The normalized spacial score (nSPS) is 16.9. The van der Waals surface area contributed by atoms with E-state index < -0.39 is 4.92 Å². The molecule has 1 amide bonds. The second-order valence-corrected chi connectivity index (χ2v) is 5.29. The van der Waals surface area contributed by atoms with Crippen LogP contribution in [0.1, 0.15) is 31.2 Å². The summed E-state index contributed by atoms with van der Waals surface area (Å²) in [7, 11) is 2.08. The van der Waals surface area contributed by atoms with Crippen molar-refractivity contribution in [2.45, 2.75) is 25.7 Å². The van der Waals surface area contributed by atoms with E-state index in [9.17, 15) is 14.9 Å². The molecule has 1 fully saturated rings. The van der Waals surface area contributed by atoms with Crippen LogP contribution in [0.5, 0.6) is 0 Å². The van der Waals surface area contributed by atoms with Crippen LogP contribution in [0, 0.1) is 10.1 Å². The van der Waals surface area contributed by atoms with Gasteiger partial charge in [-0.05, 0) is 50.5 Å². The van der Waals surface area contributed by atoms with Crippen molar-refractivity contribution in [3.05, 3.63) is 33.9 Å². The number of hydrogen-bond acceptors (Lipinski definition) is 4. The number of nitro benzene ring substituents is 1. The van der Waals surface area contributed by atoms with Crippen molar-refractivity contribution in [2.75, 3.05) is 25.5 Å². The van der Waals surface area contributed by atoms with Crippen LogP contribution in [-0.2, 0) is 4.79 Å². The molecule has 1 aromatic carbocycles. The number of nitrogens with one attached hydrogen (secondary N) is 1. The third-order valence-electron chi connectivity index (χ3n) is 3.72. The van der Waals surface area contributed by atoms with Gasteiger partial charge in [-0.25, -0.2) is 0 Å². The average molecular weight is 277 g/mol. The summed E-state index contributed by atoms with van der Waals surface area (Å²) < 4.78 is 0. The number of rotatable bonds is 3. The van der Waals surface area contributed by atoms with Gasteiger partial charge in [-0.15, -0.1) is 0 Å². The van der Waals surface area contributed by atoms with Crippen molar-refractivity contribution in [1.82, 2.24) is 4.90 Å². The zero-order valence-electron chi connectivity index (χ0n) is 11.8. The van der Waals surface area contributed by atoms with Crippen LogP contribution in [0.15, 0.2) is 18.2 Å². The van der Waals surface area contributed by atoms with Gasteiger partial charge in [0.05, 0.1) is 4.92 Å². The van der Waals surface area contributed by atoms with Crippen LogP contribution < -0.4 is 5.32 Å². The zero-order chi connectivity index (χ0) is 14.7. The number of nitro groups is 1. The first kappa shape index (κ1) is 14.5. The molecule has 108 valence electrons. The van der Waals surface area contributed by atoms with Crippen LogP contribution >= 0.6 is 0 Å². The Labute approximate surface area is 117 Å². The number of amides is 1. The van der Waals surface area contributed by atoms with Crippen molar-refractivity contribution in [3.8, 4) is 0 Å². The third-order valence-corrected chi connectivity index (χ3v) is 3.72. The summed E-state index contributed by atoms with van der Waals surface area (Å²) in [5, 5.41) is 13.6. The van der Waals surface area contributed by atoms with Gasteiger partial charge in [-0.3, -0.25) is 14.9 Å². The topological polar surface area (TPSA) is 75.5 Å². The first-order valence-corrected chi connectivity index (χ1v) is 6.72. The number of hydrogen-bond donors (Lipinski definition) is 1. The molecule has 1 heterocycles. The van der Waals surface area contributed by atoms with Gasteiger partial charge in [-0.2, -0.15) is 0 Å². The molecule has 0 radical (unpaired) electrons. The van der Waals surface area contributed by atoms with Crippen molar-refractivity contribution >= 4 is 17.3 Å². The standard InChI is InChI=1S/C14H19N3O3/c1-10(18)15-13-4-3-12(9-14(13)17(19)20)11-5-7-16(2)8-6-11/h3-4,9,11H,5-8H2,1-2H3,(H,15,18). The maximum atomic E-state index is 11.1. The first-order valence-electron chi connectivity index (χ1n) is 6.72. The lowest BCUT2D eigenvalue weighted by Gasteiger charge is -2.29. The molecule has 0 spiro atoms. The molecule has 1 aliphatic rings. The molecule has 0 saturated carbocycles. The van der Waals surface area contributed by atoms with E-state index in [1.165, 1.54) is 6.92 Å². The smallest absolute Gasteiger partial charge is 0.293 e. The summed E-state index contributed by atoms with van der Waals surface area (Å²) in [6.07, 6.45) is 2.01. The fourth-order valence-corrected chi connectivity index (χ4v) is 2.59. The van der Waals surface area contributed by atoms with E-state index in [-0.39, 0.29) is 17.3 Å². The fraction of sp³-hybridized carbons (Fsp3) is 0.500. The van der Waals surface area contributed by atoms with Gasteiger partial charge < -0.3 is 10.2 Å². The molecule has 1 N–H and O–H groups in total. The summed E-state index contributed by atoms with van der Waals surface area (Å²) in [6.45, 7) is 3.35. The predicted molar refractivity (Wildman–Crippen MR) is 76.9 cm³/mol. The highest BCUT2D eigenvalue weighted by atomic mass is 16.6. The van der Waals surface area contributed by atoms with E-state index in [1.807, 2.05) is 6.07 Å². The Morgan fingerprint density at radius 3 is 2.60 bits per heavy atom. The summed E-state index contributed by atoms with van der Waals surface area (Å²) in [5.41, 5.74) is 1.22. The van der Waals surface area contributed by atoms with E-state index in [0.717, 1.165) is 31.5 Å². The summed E-state index contributed by atoms with van der Waals surface area (Å²) in [6, 6.07) is 5.11. The summed E-state index contributed by atoms with van der Waals surface area (Å²) in [4.78, 5) is 24.0. The van der Waals surface area contributed by atoms with Crippen molar-refractivity contribution in [3.63, 3.8) is 0 Å². The lowest BCUT2D eigenvalue weighted by atomic mass is 9.89. The highest BCUT2D eigenvalue weighted by Crippen LogP contribution is 2.33. The Bertz CT molecular complexity index is 522. The lowest BCUT2D eigenvalue weighted by molar-refractivity contribution is -0.384. The molecule has 1 saturated heterocycles. The second-order valence-electron chi connectivity index (χ2n) is 5.29. The van der Waals surface area contributed by atoms with E-state index in [0.29, 0.717) is 5.92 Å². The van der Waals surface area contributed by atoms with Crippen molar-refractivity contribution in [1.29, 1.82) is 0 Å². The minimum atomic E-state index is -0.441. The van der Waals surface area contributed by atoms with Crippen LogP contribution in [0.3, 0.4) is 0 Å². The van der Waals surface area contributed by atoms with Gasteiger partial charge in [0.2, 0.25) is 5.91 Å². The Morgan fingerprint density at radius 1 is 1.40 bits per heavy atom. The SMILES string of the molecule is CC(=O)Nc1ccc(C2CCN(C)CC2)cc1[N+](=O)[O-]. The van der Waals surface area contributed by atoms with E-state index in [2.05, 4.69) is 17.3 Å². The van der Waals surface area contributed by atoms with E-state index in [1.54, 1.807) is 12.1 Å². The van der Waals surface area contributed by atoms with Gasteiger partial charge >= 0.3 is 0 Å². The van der Waals surface area contributed by atoms with Gasteiger partial charge in [0.15, 0.2) is 0 Å². The quantitative estimate of drug-likeness (QED) is 0.679. The molecular formula is C14H19N3O3. The van der Waals surface area contributed by atoms with Gasteiger partial charge in [0.1, 0.15) is 5.69 Å². The summed E-state index contributed by atoms with van der Waals surface area (Å²) >= 11 is 0. The predicted octanol–water partition coefficient (Wildman–Crippen LogP) is 2.36. The van der Waals surface area contributed by atoms with E-state index in [4.69, 9.17) is 0 Å². The molecule has 1 aromatic rings. The molecule has 2 rings (SSSR count). The molecule has 6 heteroatoms. The molecule has 0 atom stereocenters. The number of piperidine rings is 1. The van der Waals surface area contributed by atoms with Crippen molar-refractivity contribution in [2.24, 2.45) is 0 Å². The van der Waals surface area contributed by atoms with Crippen LogP contribution in [0.4, 0.5) is 11.4 Å². The minimum absolute atomic E-state index is 0.0309. The Hall–Kier alpha value is -1.95. The fourth-order valence-electron chi connectivity index (χ4n) is 2.59. The number of carbonyl (C=O) groups excluding carboxylic acids is 1. The number of benzene rings is 1. The van der Waals surface area contributed by atoms with Gasteiger partial charge in [0, 0.05) is 13.0 Å². The first-order chi connectivity index (χ1) is 9.47. The van der Waals surface area contributed by atoms with Gasteiger partial charge in [-0.1, -0.05) is 6.07 Å². The molecular weight excluding hydrogens is 258 g/mol. The number of nitrogens with zero attached hydrogens (tertiary/aromatic N) is 2. The maximum Gasteiger partial charge on any atom is 0.293 e. The zero-order valence-corrected chi connectivity index (χ0v) is 11.8. The molecule has 6 nitrogen and oxygen atoms in total. The molecule has 0 unspecified atom stereocenters. The molecule has 1 aliphatic heterocycles. The van der Waals surface area contributed by atoms with Crippen LogP contribution in [0.2, 0.25) is 0 Å². The average Bonchev–Trinajstić information content (AvgIpc) is 2.39. The highest BCUT2D eigenvalue weighted by molar-refractivity contribution is 5.91. The third kappa shape index (κ3) is 3.33. The largest absolute Gasteiger partial charge is 0.321 e. The number of anilines is 1. The highest BCUT2D eigenvalue weighted by Gasteiger charge is 2.22. The molecule has 20 heavy (non-hydrogen) atoms. The number of carbonyl (C=O) groups is 1. The monoisotopic (exact) mass is 277 g/mol. The van der Waals surface area contributed by atoms with E-state index >= 15 is 0 Å².